The van der Waals surface area contributed by atoms with Crippen molar-refractivity contribution >= 4 is 0 Å². The molecule has 0 aliphatic carbocycles. The van der Waals surface area contributed by atoms with E-state index in [9.17, 15) is 4.91 Å². The molecule has 94 valence electrons. The second-order valence-corrected chi connectivity index (χ2v) is 6.71. The van der Waals surface area contributed by atoms with E-state index in [-0.39, 0.29) is 17.4 Å². The molecule has 0 spiro atoms. The van der Waals surface area contributed by atoms with Gasteiger partial charge in [0.1, 0.15) is 6.54 Å². The maximum absolute atomic E-state index is 10.4. The lowest BCUT2D eigenvalue weighted by atomic mass is 9.79. The van der Waals surface area contributed by atoms with E-state index in [0.717, 1.165) is 5.56 Å². The Morgan fingerprint density at radius 1 is 0.882 bits per heavy atom. The highest BCUT2D eigenvalue weighted by Crippen LogP contribution is 2.30. The van der Waals surface area contributed by atoms with Gasteiger partial charge in [0.2, 0.25) is 0 Å². The van der Waals surface area contributed by atoms with Crippen molar-refractivity contribution in [3.8, 4) is 0 Å². The van der Waals surface area contributed by atoms with Crippen molar-refractivity contribution in [1.29, 1.82) is 0 Å². The van der Waals surface area contributed by atoms with Gasteiger partial charge in [0, 0.05) is 0 Å². The molecule has 17 heavy (non-hydrogen) atoms. The van der Waals surface area contributed by atoms with Crippen molar-refractivity contribution in [2.24, 2.45) is 5.18 Å². The van der Waals surface area contributed by atoms with Crippen LogP contribution in [0.3, 0.4) is 0 Å². The van der Waals surface area contributed by atoms with Gasteiger partial charge in [0.25, 0.3) is 0 Å². The van der Waals surface area contributed by atoms with Gasteiger partial charge in [-0.15, -0.1) is 0 Å². The van der Waals surface area contributed by atoms with Crippen molar-refractivity contribution in [2.45, 2.75) is 58.9 Å². The molecule has 0 aliphatic heterocycles. The average Bonchev–Trinajstić information content (AvgIpc) is 2.15. The van der Waals surface area contributed by atoms with E-state index in [1.165, 1.54) is 11.1 Å². The summed E-state index contributed by atoms with van der Waals surface area (Å²) >= 11 is 0. The highest BCUT2D eigenvalue weighted by molar-refractivity contribution is 5.37. The minimum absolute atomic E-state index is 0.0961. The highest BCUT2D eigenvalue weighted by Gasteiger charge is 2.20. The number of nitroso groups, excluding NO2 is 1. The molecule has 0 atom stereocenters. The third kappa shape index (κ3) is 3.65. The number of hydrogen-bond acceptors (Lipinski definition) is 2. The molecule has 0 amide bonds. The van der Waals surface area contributed by atoms with E-state index in [0.29, 0.717) is 0 Å². The Bertz CT molecular complexity index is 376. The standard InChI is InChI=1S/C15H23NO/c1-14(2,3)12-7-11(10-16-17)8-13(9-12)15(4,5)6/h7-9H,10H2,1-6H3. The highest BCUT2D eigenvalue weighted by atomic mass is 16.3. The molecule has 0 aliphatic rings. The molecule has 0 heterocycles. The Hall–Kier alpha value is -1.18. The fourth-order valence-electron chi connectivity index (χ4n) is 1.72. The molecule has 0 aromatic heterocycles. The Balaban J connectivity index is 3.34. The normalized spacial score (nSPS) is 12.6. The molecule has 1 aromatic rings. The SMILES string of the molecule is CC(C)(C)c1cc(CN=O)cc(C(C)(C)C)c1. The minimum Gasteiger partial charge on any atom is -0.150 e. The predicted molar refractivity (Wildman–Crippen MR) is 73.3 cm³/mol. The summed E-state index contributed by atoms with van der Waals surface area (Å²) in [5.41, 5.74) is 3.74. The Kier molecular flexibility index (Phi) is 3.75. The molecule has 2 nitrogen and oxygen atoms in total. The van der Waals surface area contributed by atoms with E-state index in [1.807, 2.05) is 0 Å². The monoisotopic (exact) mass is 233 g/mol. The fourth-order valence-corrected chi connectivity index (χ4v) is 1.72. The summed E-state index contributed by atoms with van der Waals surface area (Å²) in [6.45, 7) is 13.4. The first-order chi connectivity index (χ1) is 7.64. The molecule has 0 fully saturated rings. The first-order valence-electron chi connectivity index (χ1n) is 6.08. The molecule has 0 unspecified atom stereocenters. The zero-order valence-electron chi connectivity index (χ0n) is 11.8. The third-order valence-corrected chi connectivity index (χ3v) is 2.97. The first-order valence-corrected chi connectivity index (χ1v) is 6.08. The summed E-state index contributed by atoms with van der Waals surface area (Å²) in [7, 11) is 0. The van der Waals surface area contributed by atoms with Gasteiger partial charge in [-0.05, 0) is 27.5 Å². The summed E-state index contributed by atoms with van der Waals surface area (Å²) in [5.74, 6) is 0. The summed E-state index contributed by atoms with van der Waals surface area (Å²) in [6.07, 6.45) is 0. The lowest BCUT2D eigenvalue weighted by Crippen LogP contribution is -2.17. The van der Waals surface area contributed by atoms with Crippen LogP contribution in [-0.4, -0.2) is 0 Å². The van der Waals surface area contributed by atoms with Crippen molar-refractivity contribution in [1.82, 2.24) is 0 Å². The molecule has 1 aromatic carbocycles. The summed E-state index contributed by atoms with van der Waals surface area (Å²) < 4.78 is 0. The van der Waals surface area contributed by atoms with Gasteiger partial charge in [0.05, 0.1) is 0 Å². The van der Waals surface area contributed by atoms with Gasteiger partial charge < -0.3 is 0 Å². The van der Waals surface area contributed by atoms with Crippen LogP contribution in [0.4, 0.5) is 0 Å². The third-order valence-electron chi connectivity index (χ3n) is 2.97. The van der Waals surface area contributed by atoms with E-state index >= 15 is 0 Å². The lowest BCUT2D eigenvalue weighted by Gasteiger charge is -2.25. The molecular formula is C15H23NO. The lowest BCUT2D eigenvalue weighted by molar-refractivity contribution is 0.567. The van der Waals surface area contributed by atoms with E-state index in [2.05, 4.69) is 64.9 Å². The Morgan fingerprint density at radius 2 is 1.29 bits per heavy atom. The summed E-state index contributed by atoms with van der Waals surface area (Å²) in [5, 5.41) is 3.00. The summed E-state index contributed by atoms with van der Waals surface area (Å²) in [6, 6.07) is 6.43. The second kappa shape index (κ2) is 4.59. The van der Waals surface area contributed by atoms with Gasteiger partial charge in [-0.1, -0.05) is 64.9 Å². The molecule has 1 rings (SSSR count). The molecule has 0 saturated heterocycles. The second-order valence-electron chi connectivity index (χ2n) is 6.71. The van der Waals surface area contributed by atoms with Crippen molar-refractivity contribution in [3.05, 3.63) is 39.8 Å². The topological polar surface area (TPSA) is 29.4 Å². The van der Waals surface area contributed by atoms with Crippen LogP contribution in [0.1, 0.15) is 58.2 Å². The van der Waals surface area contributed by atoms with Crippen LogP contribution in [0.5, 0.6) is 0 Å². The quantitative estimate of drug-likeness (QED) is 0.689. The van der Waals surface area contributed by atoms with Gasteiger partial charge >= 0.3 is 0 Å². The van der Waals surface area contributed by atoms with Crippen LogP contribution < -0.4 is 0 Å². The predicted octanol–water partition coefficient (Wildman–Crippen LogP) is 4.55. The van der Waals surface area contributed by atoms with E-state index in [4.69, 9.17) is 0 Å². The van der Waals surface area contributed by atoms with Gasteiger partial charge in [0.15, 0.2) is 0 Å². The van der Waals surface area contributed by atoms with Crippen LogP contribution in [-0.2, 0) is 17.4 Å². The Labute approximate surface area is 104 Å². The van der Waals surface area contributed by atoms with Crippen LogP contribution in [0.2, 0.25) is 0 Å². The summed E-state index contributed by atoms with van der Waals surface area (Å²) in [4.78, 5) is 10.4. The molecule has 0 N–H and O–H groups in total. The molecule has 0 bridgehead atoms. The van der Waals surface area contributed by atoms with Crippen molar-refractivity contribution in [3.63, 3.8) is 0 Å². The molecule has 0 saturated carbocycles. The van der Waals surface area contributed by atoms with Crippen LogP contribution in [0.15, 0.2) is 23.4 Å². The first kappa shape index (κ1) is 13.9. The van der Waals surface area contributed by atoms with Gasteiger partial charge in [-0.3, -0.25) is 0 Å². The molecular weight excluding hydrogens is 210 g/mol. The minimum atomic E-state index is 0.0961. The van der Waals surface area contributed by atoms with Crippen LogP contribution in [0.25, 0.3) is 0 Å². The average molecular weight is 233 g/mol. The fraction of sp³-hybridized carbons (Fsp3) is 0.600. The number of rotatable bonds is 2. The van der Waals surface area contributed by atoms with E-state index < -0.39 is 0 Å². The van der Waals surface area contributed by atoms with Gasteiger partial charge in [-0.25, -0.2) is 0 Å². The zero-order valence-corrected chi connectivity index (χ0v) is 11.8. The van der Waals surface area contributed by atoms with Crippen molar-refractivity contribution < 1.29 is 0 Å². The van der Waals surface area contributed by atoms with E-state index in [1.54, 1.807) is 0 Å². The van der Waals surface area contributed by atoms with Gasteiger partial charge in [-0.2, -0.15) is 4.91 Å². The zero-order chi connectivity index (χ0) is 13.3. The number of benzene rings is 1. The molecule has 2 heteroatoms. The number of nitrogens with zero attached hydrogens (tertiary/aromatic N) is 1. The number of hydrogen-bond donors (Lipinski definition) is 0. The van der Waals surface area contributed by atoms with Crippen LogP contribution >= 0.6 is 0 Å². The maximum atomic E-state index is 10.4. The smallest absolute Gasteiger partial charge is 0.106 e. The maximum Gasteiger partial charge on any atom is 0.106 e. The molecule has 0 radical (unpaired) electrons. The van der Waals surface area contributed by atoms with Crippen LogP contribution in [0, 0.1) is 4.91 Å². The van der Waals surface area contributed by atoms with Crippen molar-refractivity contribution in [2.75, 3.05) is 0 Å². The largest absolute Gasteiger partial charge is 0.150 e. The Morgan fingerprint density at radius 3 is 1.59 bits per heavy atom.